The fraction of sp³-hybridized carbons (Fsp3) is 0.600. The maximum atomic E-state index is 5.60. The average Bonchev–Trinajstić information content (AvgIpc) is 2.46. The van der Waals surface area contributed by atoms with Crippen LogP contribution >= 0.6 is 15.9 Å². The first-order valence-corrected chi connectivity index (χ1v) is 7.66. The first-order chi connectivity index (χ1) is 9.22. The minimum Gasteiger partial charge on any atom is -0.493 e. The molecule has 106 valence electrons. The Morgan fingerprint density at radius 3 is 2.37 bits per heavy atom. The van der Waals surface area contributed by atoms with E-state index in [0.29, 0.717) is 5.92 Å². The van der Waals surface area contributed by atoms with Gasteiger partial charge in [-0.1, -0.05) is 6.92 Å². The van der Waals surface area contributed by atoms with Gasteiger partial charge in [0.15, 0.2) is 11.5 Å². The van der Waals surface area contributed by atoms with Crippen LogP contribution in [0, 0.1) is 0 Å². The molecule has 0 saturated carbocycles. The van der Waals surface area contributed by atoms with Crippen LogP contribution in [0.15, 0.2) is 10.5 Å². The zero-order valence-corrected chi connectivity index (χ0v) is 13.5. The summed E-state index contributed by atoms with van der Waals surface area (Å²) in [5.41, 5.74) is 2.70. The third-order valence-corrected chi connectivity index (χ3v) is 4.46. The van der Waals surface area contributed by atoms with Gasteiger partial charge >= 0.3 is 0 Å². The van der Waals surface area contributed by atoms with E-state index < -0.39 is 0 Å². The highest BCUT2D eigenvalue weighted by Crippen LogP contribution is 2.44. The van der Waals surface area contributed by atoms with Crippen LogP contribution in [0.1, 0.15) is 36.8 Å². The summed E-state index contributed by atoms with van der Waals surface area (Å²) in [5.74, 6) is 2.30. The molecule has 19 heavy (non-hydrogen) atoms. The predicted molar refractivity (Wildman–Crippen MR) is 81.5 cm³/mol. The molecule has 1 aliphatic rings. The van der Waals surface area contributed by atoms with Crippen molar-refractivity contribution in [3.63, 3.8) is 0 Å². The van der Waals surface area contributed by atoms with Crippen LogP contribution in [-0.4, -0.2) is 27.3 Å². The van der Waals surface area contributed by atoms with Gasteiger partial charge in [0.05, 0.1) is 18.7 Å². The van der Waals surface area contributed by atoms with Crippen molar-refractivity contribution in [2.75, 3.05) is 27.3 Å². The Balaban J connectivity index is 2.50. The molecular formula is C15H22BrNO2. The molecule has 1 saturated heterocycles. The summed E-state index contributed by atoms with van der Waals surface area (Å²) in [6.45, 7) is 4.37. The van der Waals surface area contributed by atoms with Gasteiger partial charge in [-0.05, 0) is 65.8 Å². The monoisotopic (exact) mass is 327 g/mol. The maximum Gasteiger partial charge on any atom is 0.175 e. The van der Waals surface area contributed by atoms with Gasteiger partial charge in [-0.3, -0.25) is 0 Å². The number of benzene rings is 1. The van der Waals surface area contributed by atoms with E-state index >= 15 is 0 Å². The molecule has 0 atom stereocenters. The summed E-state index contributed by atoms with van der Waals surface area (Å²) in [7, 11) is 3.40. The highest BCUT2D eigenvalue weighted by atomic mass is 79.9. The van der Waals surface area contributed by atoms with Crippen LogP contribution in [0.3, 0.4) is 0 Å². The quantitative estimate of drug-likeness (QED) is 0.918. The summed E-state index contributed by atoms with van der Waals surface area (Å²) >= 11 is 3.61. The minimum absolute atomic E-state index is 0.618. The second kappa shape index (κ2) is 6.62. The smallest absolute Gasteiger partial charge is 0.175 e. The van der Waals surface area contributed by atoms with Gasteiger partial charge in [0.1, 0.15) is 0 Å². The summed E-state index contributed by atoms with van der Waals surface area (Å²) < 4.78 is 12.1. The van der Waals surface area contributed by atoms with E-state index in [0.717, 1.165) is 35.5 Å². The standard InChI is InChI=1S/C15H22BrNO2/c1-4-11-12(10-5-7-17-8-6-10)9-13(16)15(19-3)14(11)18-2/h9-10,17H,4-8H2,1-3H3. The van der Waals surface area contributed by atoms with Crippen molar-refractivity contribution < 1.29 is 9.47 Å². The fourth-order valence-electron chi connectivity index (χ4n) is 2.93. The Morgan fingerprint density at radius 1 is 1.21 bits per heavy atom. The van der Waals surface area contributed by atoms with Crippen LogP contribution in [0.4, 0.5) is 0 Å². The summed E-state index contributed by atoms with van der Waals surface area (Å²) in [6.07, 6.45) is 3.34. The van der Waals surface area contributed by atoms with Gasteiger partial charge in [-0.25, -0.2) is 0 Å². The number of nitrogens with one attached hydrogen (secondary N) is 1. The Labute approximate surface area is 123 Å². The summed E-state index contributed by atoms with van der Waals surface area (Å²) in [6, 6.07) is 2.22. The minimum atomic E-state index is 0.618. The van der Waals surface area contributed by atoms with Crippen molar-refractivity contribution in [2.24, 2.45) is 0 Å². The zero-order valence-electron chi connectivity index (χ0n) is 11.9. The molecule has 1 aromatic carbocycles. The Bertz CT molecular complexity index is 442. The maximum absolute atomic E-state index is 5.60. The van der Waals surface area contributed by atoms with E-state index in [9.17, 15) is 0 Å². The van der Waals surface area contributed by atoms with Crippen molar-refractivity contribution in [1.82, 2.24) is 5.32 Å². The van der Waals surface area contributed by atoms with Crippen molar-refractivity contribution in [3.05, 3.63) is 21.7 Å². The molecule has 0 spiro atoms. The van der Waals surface area contributed by atoms with E-state index in [1.807, 2.05) is 0 Å². The lowest BCUT2D eigenvalue weighted by Crippen LogP contribution is -2.27. The van der Waals surface area contributed by atoms with Crippen molar-refractivity contribution in [3.8, 4) is 11.5 Å². The van der Waals surface area contributed by atoms with E-state index in [2.05, 4.69) is 34.2 Å². The lowest BCUT2D eigenvalue weighted by molar-refractivity contribution is 0.348. The third-order valence-electron chi connectivity index (χ3n) is 3.87. The van der Waals surface area contributed by atoms with Crippen molar-refractivity contribution >= 4 is 15.9 Å². The van der Waals surface area contributed by atoms with E-state index in [1.165, 1.54) is 24.0 Å². The number of rotatable bonds is 4. The largest absolute Gasteiger partial charge is 0.493 e. The van der Waals surface area contributed by atoms with Gasteiger partial charge in [-0.15, -0.1) is 0 Å². The lowest BCUT2D eigenvalue weighted by atomic mass is 9.86. The summed E-state index contributed by atoms with van der Waals surface area (Å²) in [5, 5.41) is 3.42. The average molecular weight is 328 g/mol. The predicted octanol–water partition coefficient (Wildman–Crippen LogP) is 3.50. The molecule has 2 rings (SSSR count). The molecule has 1 aromatic rings. The second-order valence-corrected chi connectivity index (χ2v) is 5.72. The van der Waals surface area contributed by atoms with Crippen LogP contribution < -0.4 is 14.8 Å². The van der Waals surface area contributed by atoms with Gasteiger partial charge in [-0.2, -0.15) is 0 Å². The van der Waals surface area contributed by atoms with Gasteiger partial charge in [0, 0.05) is 5.56 Å². The number of hydrogen-bond acceptors (Lipinski definition) is 3. The van der Waals surface area contributed by atoms with Crippen LogP contribution in [0.5, 0.6) is 11.5 Å². The molecule has 1 aliphatic heterocycles. The molecule has 0 bridgehead atoms. The molecule has 0 aliphatic carbocycles. The normalized spacial score (nSPS) is 16.4. The Morgan fingerprint density at radius 2 is 1.84 bits per heavy atom. The highest BCUT2D eigenvalue weighted by molar-refractivity contribution is 9.10. The Kier molecular flexibility index (Phi) is 5.11. The molecule has 0 amide bonds. The van der Waals surface area contributed by atoms with Gasteiger partial charge < -0.3 is 14.8 Å². The molecular weight excluding hydrogens is 306 g/mol. The van der Waals surface area contributed by atoms with Crippen molar-refractivity contribution in [1.29, 1.82) is 0 Å². The molecule has 0 radical (unpaired) electrons. The van der Waals surface area contributed by atoms with Crippen molar-refractivity contribution in [2.45, 2.75) is 32.1 Å². The van der Waals surface area contributed by atoms with Crippen LogP contribution in [0.2, 0.25) is 0 Å². The highest BCUT2D eigenvalue weighted by Gasteiger charge is 2.23. The third kappa shape index (κ3) is 2.90. The first kappa shape index (κ1) is 14.7. The topological polar surface area (TPSA) is 30.5 Å². The number of ether oxygens (including phenoxy) is 2. The summed E-state index contributed by atoms with van der Waals surface area (Å²) in [4.78, 5) is 0. The molecule has 1 heterocycles. The SMILES string of the molecule is CCc1c(C2CCNCC2)cc(Br)c(OC)c1OC. The van der Waals surface area contributed by atoms with Gasteiger partial charge in [0.2, 0.25) is 0 Å². The number of halogens is 1. The molecule has 4 heteroatoms. The fourth-order valence-corrected chi connectivity index (χ4v) is 3.52. The molecule has 0 unspecified atom stereocenters. The van der Waals surface area contributed by atoms with Crippen LogP contribution in [-0.2, 0) is 6.42 Å². The molecule has 1 N–H and O–H groups in total. The zero-order chi connectivity index (χ0) is 13.8. The number of piperidine rings is 1. The van der Waals surface area contributed by atoms with Crippen LogP contribution in [0.25, 0.3) is 0 Å². The van der Waals surface area contributed by atoms with E-state index in [4.69, 9.17) is 9.47 Å². The van der Waals surface area contributed by atoms with Gasteiger partial charge in [0.25, 0.3) is 0 Å². The lowest BCUT2D eigenvalue weighted by Gasteiger charge is -2.27. The molecule has 1 fully saturated rings. The Hall–Kier alpha value is -0.740. The molecule has 3 nitrogen and oxygen atoms in total. The number of hydrogen-bond donors (Lipinski definition) is 1. The number of methoxy groups -OCH3 is 2. The first-order valence-electron chi connectivity index (χ1n) is 6.86. The second-order valence-electron chi connectivity index (χ2n) is 4.87. The van der Waals surface area contributed by atoms with E-state index in [1.54, 1.807) is 14.2 Å². The molecule has 0 aromatic heterocycles. The van der Waals surface area contributed by atoms with E-state index in [-0.39, 0.29) is 0 Å².